The number of nitriles is 1. The van der Waals surface area contributed by atoms with Crippen LogP contribution in [0.3, 0.4) is 0 Å². The van der Waals surface area contributed by atoms with Gasteiger partial charge in [0.05, 0.1) is 5.69 Å². The van der Waals surface area contributed by atoms with Gasteiger partial charge in [0.1, 0.15) is 16.6 Å². The maximum Gasteiger partial charge on any atom is 0.128 e. The summed E-state index contributed by atoms with van der Waals surface area (Å²) >= 11 is 1.40. The number of anilines is 1. The van der Waals surface area contributed by atoms with E-state index in [1.807, 2.05) is 6.92 Å². The van der Waals surface area contributed by atoms with Crippen molar-refractivity contribution in [3.05, 3.63) is 11.3 Å². The van der Waals surface area contributed by atoms with E-state index in [0.717, 1.165) is 22.7 Å². The zero-order chi connectivity index (χ0) is 10.2. The van der Waals surface area contributed by atoms with Gasteiger partial charge in [-0.05, 0) is 37.7 Å². The first-order chi connectivity index (χ1) is 6.71. The Morgan fingerprint density at radius 1 is 1.64 bits per heavy atom. The van der Waals surface area contributed by atoms with Gasteiger partial charge in [0.15, 0.2) is 0 Å². The highest BCUT2D eigenvalue weighted by molar-refractivity contribution is 7.10. The predicted molar refractivity (Wildman–Crippen MR) is 57.4 cm³/mol. The van der Waals surface area contributed by atoms with E-state index in [1.54, 1.807) is 0 Å². The SMILES string of the molecule is CCC1(Nc2snc(C)c2C#N)CC1. The molecule has 4 heteroatoms. The molecule has 3 nitrogen and oxygen atoms in total. The van der Waals surface area contributed by atoms with Crippen molar-refractivity contribution < 1.29 is 0 Å². The van der Waals surface area contributed by atoms with Gasteiger partial charge in [-0.1, -0.05) is 6.92 Å². The molecule has 0 aliphatic heterocycles. The number of nitrogens with zero attached hydrogens (tertiary/aromatic N) is 2. The molecule has 14 heavy (non-hydrogen) atoms. The fourth-order valence-corrected chi connectivity index (χ4v) is 2.41. The number of hydrogen-bond acceptors (Lipinski definition) is 4. The quantitative estimate of drug-likeness (QED) is 0.829. The first-order valence-electron chi connectivity index (χ1n) is 4.85. The number of hydrogen-bond donors (Lipinski definition) is 1. The molecule has 1 aromatic rings. The van der Waals surface area contributed by atoms with E-state index in [2.05, 4.69) is 22.7 Å². The predicted octanol–water partition coefficient (Wildman–Crippen LogP) is 2.68. The molecule has 1 aliphatic carbocycles. The van der Waals surface area contributed by atoms with Gasteiger partial charge >= 0.3 is 0 Å². The highest BCUT2D eigenvalue weighted by atomic mass is 32.1. The second-order valence-corrected chi connectivity index (χ2v) is 4.62. The minimum Gasteiger partial charge on any atom is -0.369 e. The van der Waals surface area contributed by atoms with Crippen LogP contribution in [0.5, 0.6) is 0 Å². The first-order valence-corrected chi connectivity index (χ1v) is 5.63. The number of rotatable bonds is 3. The molecule has 0 bridgehead atoms. The first kappa shape index (κ1) is 9.47. The van der Waals surface area contributed by atoms with Gasteiger partial charge in [-0.25, -0.2) is 0 Å². The minimum absolute atomic E-state index is 0.268. The maximum absolute atomic E-state index is 8.95. The van der Waals surface area contributed by atoms with E-state index in [0.29, 0.717) is 0 Å². The topological polar surface area (TPSA) is 48.7 Å². The molecule has 0 radical (unpaired) electrons. The lowest BCUT2D eigenvalue weighted by atomic mass is 10.2. The standard InChI is InChI=1S/C10H13N3S/c1-3-10(4-5-10)12-9-8(6-11)7(2)13-14-9/h12H,3-5H2,1-2H3. The lowest BCUT2D eigenvalue weighted by Gasteiger charge is -2.14. The van der Waals surface area contributed by atoms with Crippen LogP contribution in [0.2, 0.25) is 0 Å². The normalized spacial score (nSPS) is 17.5. The average Bonchev–Trinajstić information content (AvgIpc) is 2.87. The molecular formula is C10H13N3S. The van der Waals surface area contributed by atoms with Crippen molar-refractivity contribution in [1.29, 1.82) is 5.26 Å². The third-order valence-corrected chi connectivity index (χ3v) is 3.74. The Bertz CT molecular complexity index is 385. The van der Waals surface area contributed by atoms with Crippen LogP contribution in [0.4, 0.5) is 5.00 Å². The Morgan fingerprint density at radius 2 is 2.36 bits per heavy atom. The summed E-state index contributed by atoms with van der Waals surface area (Å²) in [7, 11) is 0. The largest absolute Gasteiger partial charge is 0.369 e. The van der Waals surface area contributed by atoms with E-state index in [9.17, 15) is 0 Å². The molecule has 0 unspecified atom stereocenters. The molecule has 0 saturated heterocycles. The monoisotopic (exact) mass is 207 g/mol. The summed E-state index contributed by atoms with van der Waals surface area (Å²) in [6, 6.07) is 2.20. The summed E-state index contributed by atoms with van der Waals surface area (Å²) in [6.45, 7) is 4.06. The molecule has 0 amide bonds. The van der Waals surface area contributed by atoms with Crippen LogP contribution in [0.1, 0.15) is 37.4 Å². The molecule has 1 aliphatic rings. The van der Waals surface area contributed by atoms with Crippen molar-refractivity contribution in [2.24, 2.45) is 0 Å². The van der Waals surface area contributed by atoms with Crippen molar-refractivity contribution >= 4 is 16.5 Å². The number of aryl methyl sites for hydroxylation is 1. The smallest absolute Gasteiger partial charge is 0.128 e. The lowest BCUT2D eigenvalue weighted by molar-refractivity contribution is 0.704. The Balaban J connectivity index is 2.22. The van der Waals surface area contributed by atoms with Crippen molar-refractivity contribution in [3.63, 3.8) is 0 Å². The second kappa shape index (κ2) is 3.25. The molecule has 1 fully saturated rings. The zero-order valence-electron chi connectivity index (χ0n) is 8.42. The second-order valence-electron chi connectivity index (χ2n) is 3.84. The van der Waals surface area contributed by atoms with Crippen LogP contribution in [0.15, 0.2) is 0 Å². The van der Waals surface area contributed by atoms with Gasteiger partial charge in [0, 0.05) is 5.54 Å². The number of nitrogens with one attached hydrogen (secondary N) is 1. The summed E-state index contributed by atoms with van der Waals surface area (Å²) in [4.78, 5) is 0. The van der Waals surface area contributed by atoms with Crippen LogP contribution in [-0.2, 0) is 0 Å². The fraction of sp³-hybridized carbons (Fsp3) is 0.600. The van der Waals surface area contributed by atoms with E-state index in [1.165, 1.54) is 24.4 Å². The molecule has 0 aromatic carbocycles. The summed E-state index contributed by atoms with van der Waals surface area (Å²) in [5.41, 5.74) is 1.83. The molecule has 1 aromatic heterocycles. The Morgan fingerprint density at radius 3 is 2.86 bits per heavy atom. The molecule has 0 atom stereocenters. The van der Waals surface area contributed by atoms with Gasteiger partial charge in [-0.3, -0.25) is 0 Å². The van der Waals surface area contributed by atoms with Crippen LogP contribution in [0.25, 0.3) is 0 Å². The van der Waals surface area contributed by atoms with E-state index >= 15 is 0 Å². The summed E-state index contributed by atoms with van der Waals surface area (Å²) in [6.07, 6.45) is 3.55. The average molecular weight is 207 g/mol. The maximum atomic E-state index is 8.95. The van der Waals surface area contributed by atoms with E-state index in [4.69, 9.17) is 5.26 Å². The Kier molecular flexibility index (Phi) is 2.20. The molecular weight excluding hydrogens is 194 g/mol. The zero-order valence-corrected chi connectivity index (χ0v) is 9.24. The summed E-state index contributed by atoms with van der Waals surface area (Å²) in [5.74, 6) is 0. The molecule has 1 heterocycles. The van der Waals surface area contributed by atoms with Crippen molar-refractivity contribution in [1.82, 2.24) is 4.37 Å². The van der Waals surface area contributed by atoms with Gasteiger partial charge < -0.3 is 5.32 Å². The molecule has 0 spiro atoms. The molecule has 1 saturated carbocycles. The van der Waals surface area contributed by atoms with Gasteiger partial charge in [-0.2, -0.15) is 9.64 Å². The van der Waals surface area contributed by atoms with Crippen molar-refractivity contribution in [2.45, 2.75) is 38.6 Å². The summed E-state index contributed by atoms with van der Waals surface area (Å²) in [5, 5.41) is 13.4. The molecule has 1 N–H and O–H groups in total. The van der Waals surface area contributed by atoms with Crippen LogP contribution in [-0.4, -0.2) is 9.91 Å². The fourth-order valence-electron chi connectivity index (χ4n) is 1.55. The van der Waals surface area contributed by atoms with Crippen molar-refractivity contribution in [2.75, 3.05) is 5.32 Å². The highest BCUT2D eigenvalue weighted by Crippen LogP contribution is 2.43. The van der Waals surface area contributed by atoms with E-state index < -0.39 is 0 Å². The summed E-state index contributed by atoms with van der Waals surface area (Å²) < 4.78 is 4.19. The van der Waals surface area contributed by atoms with Crippen LogP contribution in [0, 0.1) is 18.3 Å². The highest BCUT2D eigenvalue weighted by Gasteiger charge is 2.41. The van der Waals surface area contributed by atoms with Gasteiger partial charge in [0.25, 0.3) is 0 Å². The number of aromatic nitrogens is 1. The van der Waals surface area contributed by atoms with Crippen LogP contribution < -0.4 is 5.32 Å². The van der Waals surface area contributed by atoms with Gasteiger partial charge in [0.2, 0.25) is 0 Å². The third-order valence-electron chi connectivity index (χ3n) is 2.88. The van der Waals surface area contributed by atoms with Crippen LogP contribution >= 0.6 is 11.5 Å². The molecule has 74 valence electrons. The van der Waals surface area contributed by atoms with Gasteiger partial charge in [-0.15, -0.1) is 0 Å². The Hall–Kier alpha value is -1.08. The van der Waals surface area contributed by atoms with E-state index in [-0.39, 0.29) is 5.54 Å². The lowest BCUT2D eigenvalue weighted by Crippen LogP contribution is -2.19. The van der Waals surface area contributed by atoms with Crippen molar-refractivity contribution in [3.8, 4) is 6.07 Å². The minimum atomic E-state index is 0.268. The third kappa shape index (κ3) is 1.48. The Labute approximate surface area is 87.9 Å². The molecule has 2 rings (SSSR count).